The molecule has 1 N–H and O–H groups in total. The molecule has 3 nitrogen and oxygen atoms in total. The Hall–Kier alpha value is -2.42. The van der Waals surface area contributed by atoms with Gasteiger partial charge in [-0.3, -0.25) is 9.59 Å². The third-order valence-electron chi connectivity index (χ3n) is 3.58. The molecular weight excluding hydrogens is 286 g/mol. The van der Waals surface area contributed by atoms with E-state index < -0.39 is 0 Å². The van der Waals surface area contributed by atoms with Crippen molar-refractivity contribution < 1.29 is 9.59 Å². The molecule has 0 bridgehead atoms. The summed E-state index contributed by atoms with van der Waals surface area (Å²) in [5, 5.41) is 2.97. The van der Waals surface area contributed by atoms with Crippen LogP contribution in [-0.4, -0.2) is 17.2 Å². The molecule has 0 saturated carbocycles. The molecule has 0 aliphatic carbocycles. The van der Waals surface area contributed by atoms with E-state index in [2.05, 4.69) is 5.32 Å². The lowest BCUT2D eigenvalue weighted by atomic mass is 9.94. The summed E-state index contributed by atoms with van der Waals surface area (Å²) in [6, 6.07) is 16.5. The van der Waals surface area contributed by atoms with E-state index >= 15 is 0 Å². The minimum Gasteiger partial charge on any atom is -0.351 e. The van der Waals surface area contributed by atoms with E-state index in [1.807, 2.05) is 64.1 Å². The largest absolute Gasteiger partial charge is 0.351 e. The normalized spacial score (nSPS) is 12.5. The third kappa shape index (κ3) is 4.52. The summed E-state index contributed by atoms with van der Waals surface area (Å²) >= 11 is 0. The van der Waals surface area contributed by atoms with Crippen LogP contribution < -0.4 is 5.32 Å². The highest BCUT2D eigenvalue weighted by Crippen LogP contribution is 2.20. The quantitative estimate of drug-likeness (QED) is 0.870. The maximum atomic E-state index is 12.5. The van der Waals surface area contributed by atoms with Crippen LogP contribution in [0.4, 0.5) is 0 Å². The van der Waals surface area contributed by atoms with Crippen molar-refractivity contribution in [3.63, 3.8) is 0 Å². The molecule has 0 fully saturated rings. The number of hydrogen-bond donors (Lipinski definition) is 1. The summed E-state index contributed by atoms with van der Waals surface area (Å²) in [5.41, 5.74) is 1.82. The van der Waals surface area contributed by atoms with Crippen LogP contribution in [-0.2, 0) is 4.79 Å². The Morgan fingerprint density at radius 1 is 0.913 bits per heavy atom. The zero-order valence-corrected chi connectivity index (χ0v) is 14.1. The topological polar surface area (TPSA) is 46.2 Å². The van der Waals surface area contributed by atoms with Crippen molar-refractivity contribution in [2.24, 2.45) is 0 Å². The van der Waals surface area contributed by atoms with Crippen LogP contribution in [0.2, 0.25) is 0 Å². The summed E-state index contributed by atoms with van der Waals surface area (Å²) in [4.78, 5) is 24.8. The Labute approximate surface area is 137 Å². The third-order valence-corrected chi connectivity index (χ3v) is 3.58. The standard InChI is InChI=1S/C20H23NO2/c1-14(19(23)21-20(2,3)4)16-11-8-12-17(13-16)18(22)15-9-6-5-7-10-15/h5-14H,1-4H3,(H,21,23)/t14-/m1/s1. The minimum absolute atomic E-state index is 0.0316. The molecule has 2 aromatic rings. The van der Waals surface area contributed by atoms with Gasteiger partial charge in [0.1, 0.15) is 0 Å². The van der Waals surface area contributed by atoms with Crippen molar-refractivity contribution in [2.45, 2.75) is 39.2 Å². The number of ketones is 1. The summed E-state index contributed by atoms with van der Waals surface area (Å²) in [7, 11) is 0. The fraction of sp³-hybridized carbons (Fsp3) is 0.300. The Morgan fingerprint density at radius 2 is 1.52 bits per heavy atom. The van der Waals surface area contributed by atoms with E-state index in [1.165, 1.54) is 0 Å². The molecule has 1 amide bonds. The highest BCUT2D eigenvalue weighted by Gasteiger charge is 2.21. The first kappa shape index (κ1) is 16.9. The second-order valence-corrected chi connectivity index (χ2v) is 6.78. The van der Waals surface area contributed by atoms with Crippen LogP contribution >= 0.6 is 0 Å². The number of amides is 1. The van der Waals surface area contributed by atoms with Crippen molar-refractivity contribution in [1.82, 2.24) is 5.32 Å². The fourth-order valence-electron chi connectivity index (χ4n) is 2.33. The summed E-state index contributed by atoms with van der Waals surface area (Å²) in [5.74, 6) is -0.379. The first-order valence-corrected chi connectivity index (χ1v) is 7.79. The Balaban J connectivity index is 2.23. The molecule has 3 heteroatoms. The number of hydrogen-bond acceptors (Lipinski definition) is 2. The van der Waals surface area contributed by atoms with Gasteiger partial charge in [0.15, 0.2) is 5.78 Å². The highest BCUT2D eigenvalue weighted by molar-refractivity contribution is 6.09. The van der Waals surface area contributed by atoms with Gasteiger partial charge in [-0.2, -0.15) is 0 Å². The Kier molecular flexibility index (Phi) is 4.99. The second-order valence-electron chi connectivity index (χ2n) is 6.78. The average molecular weight is 309 g/mol. The number of rotatable bonds is 4. The molecule has 0 aromatic heterocycles. The smallest absolute Gasteiger partial charge is 0.227 e. The fourth-order valence-corrected chi connectivity index (χ4v) is 2.33. The maximum absolute atomic E-state index is 12.5. The van der Waals surface area contributed by atoms with E-state index in [4.69, 9.17) is 0 Å². The van der Waals surface area contributed by atoms with Gasteiger partial charge in [0, 0.05) is 16.7 Å². The Morgan fingerprint density at radius 3 is 2.13 bits per heavy atom. The molecule has 0 aliphatic rings. The van der Waals surface area contributed by atoms with E-state index in [0.717, 1.165) is 5.56 Å². The monoisotopic (exact) mass is 309 g/mol. The molecule has 23 heavy (non-hydrogen) atoms. The molecule has 2 rings (SSSR count). The SMILES string of the molecule is C[C@@H](C(=O)NC(C)(C)C)c1cccc(C(=O)c2ccccc2)c1. The zero-order chi connectivity index (χ0) is 17.0. The number of carbonyl (C=O) groups is 2. The molecule has 120 valence electrons. The Bertz CT molecular complexity index is 699. The van der Waals surface area contributed by atoms with Crippen LogP contribution in [0, 0.1) is 0 Å². The number of nitrogens with one attached hydrogen (secondary N) is 1. The summed E-state index contributed by atoms with van der Waals surface area (Å²) in [6.45, 7) is 7.71. The van der Waals surface area contributed by atoms with Crippen LogP contribution in [0.3, 0.4) is 0 Å². The van der Waals surface area contributed by atoms with Crippen molar-refractivity contribution in [3.8, 4) is 0 Å². The second kappa shape index (κ2) is 6.78. The van der Waals surface area contributed by atoms with Crippen LogP contribution in [0.1, 0.15) is 55.1 Å². The lowest BCUT2D eigenvalue weighted by Crippen LogP contribution is -2.42. The predicted molar refractivity (Wildman–Crippen MR) is 92.6 cm³/mol. The van der Waals surface area contributed by atoms with Gasteiger partial charge in [-0.1, -0.05) is 48.5 Å². The highest BCUT2D eigenvalue weighted by atomic mass is 16.2. The van der Waals surface area contributed by atoms with Gasteiger partial charge >= 0.3 is 0 Å². The lowest BCUT2D eigenvalue weighted by Gasteiger charge is -2.23. The first-order valence-electron chi connectivity index (χ1n) is 7.79. The van der Waals surface area contributed by atoms with Gasteiger partial charge in [0.25, 0.3) is 0 Å². The van der Waals surface area contributed by atoms with Gasteiger partial charge in [-0.25, -0.2) is 0 Å². The zero-order valence-electron chi connectivity index (χ0n) is 14.1. The summed E-state index contributed by atoms with van der Waals surface area (Å²) in [6.07, 6.45) is 0. The molecule has 0 spiro atoms. The average Bonchev–Trinajstić information content (AvgIpc) is 2.52. The predicted octanol–water partition coefficient (Wildman–Crippen LogP) is 3.94. The summed E-state index contributed by atoms with van der Waals surface area (Å²) < 4.78 is 0. The van der Waals surface area contributed by atoms with E-state index in [0.29, 0.717) is 11.1 Å². The number of carbonyl (C=O) groups excluding carboxylic acids is 2. The van der Waals surface area contributed by atoms with Gasteiger partial charge in [0.05, 0.1) is 5.92 Å². The number of benzene rings is 2. The van der Waals surface area contributed by atoms with E-state index in [-0.39, 0.29) is 23.1 Å². The maximum Gasteiger partial charge on any atom is 0.227 e. The molecule has 0 aliphatic heterocycles. The molecule has 0 unspecified atom stereocenters. The molecule has 0 saturated heterocycles. The van der Waals surface area contributed by atoms with Crippen molar-refractivity contribution in [1.29, 1.82) is 0 Å². The molecule has 2 aromatic carbocycles. The van der Waals surface area contributed by atoms with Crippen LogP contribution in [0.15, 0.2) is 54.6 Å². The first-order chi connectivity index (χ1) is 10.8. The molecule has 1 atom stereocenters. The molecule has 0 heterocycles. The van der Waals surface area contributed by atoms with Crippen molar-refractivity contribution in [2.75, 3.05) is 0 Å². The van der Waals surface area contributed by atoms with Crippen LogP contribution in [0.25, 0.3) is 0 Å². The van der Waals surface area contributed by atoms with Crippen molar-refractivity contribution in [3.05, 3.63) is 71.3 Å². The van der Waals surface area contributed by atoms with E-state index in [9.17, 15) is 9.59 Å². The lowest BCUT2D eigenvalue weighted by molar-refractivity contribution is -0.123. The minimum atomic E-state index is -0.308. The van der Waals surface area contributed by atoms with Crippen LogP contribution in [0.5, 0.6) is 0 Å². The van der Waals surface area contributed by atoms with Gasteiger partial charge in [-0.15, -0.1) is 0 Å². The van der Waals surface area contributed by atoms with Gasteiger partial charge in [0.2, 0.25) is 5.91 Å². The van der Waals surface area contributed by atoms with Crippen molar-refractivity contribution >= 4 is 11.7 Å². The van der Waals surface area contributed by atoms with E-state index in [1.54, 1.807) is 18.2 Å². The molecular formula is C20H23NO2. The molecule has 0 radical (unpaired) electrons. The van der Waals surface area contributed by atoms with Gasteiger partial charge < -0.3 is 5.32 Å². The van der Waals surface area contributed by atoms with Gasteiger partial charge in [-0.05, 0) is 39.3 Å².